The number of hydrogen-bond acceptors (Lipinski definition) is 7. The molecule has 4 rings (SSSR count). The van der Waals surface area contributed by atoms with Gasteiger partial charge in [0.1, 0.15) is 5.82 Å². The number of piperazine rings is 1. The first kappa shape index (κ1) is 26.4. The van der Waals surface area contributed by atoms with Crippen molar-refractivity contribution in [1.82, 2.24) is 14.7 Å². The number of rotatable bonds is 10. The molecule has 3 aliphatic rings. The minimum atomic E-state index is -0.654. The number of halogens is 1. The standard InChI is InChI=1S/C27H36FN3O5/c1-2-36-25(34)11-14-30-16-15-29(18-24(30)33)12-9-20-17-31(13-10-23(20)32)26(27(35)19-7-8-19)21-5-3-4-6-22(21)28/h3-6,9,19,23,26,32H,2,7-8,10-18H2,1H3/b20-9-. The lowest BCUT2D eigenvalue weighted by Crippen LogP contribution is -2.51. The molecule has 2 unspecified atom stereocenters. The molecule has 2 heterocycles. The van der Waals surface area contributed by atoms with Crippen LogP contribution in [0.2, 0.25) is 0 Å². The van der Waals surface area contributed by atoms with Gasteiger partial charge in [-0.3, -0.25) is 24.2 Å². The third-order valence-electron chi connectivity index (χ3n) is 7.22. The normalized spacial score (nSPS) is 23.6. The Morgan fingerprint density at radius 1 is 1.17 bits per heavy atom. The molecule has 1 amide bonds. The van der Waals surface area contributed by atoms with E-state index >= 15 is 0 Å². The number of Topliss-reactive ketones (excluding diaryl/α,β-unsaturated/α-hetero) is 1. The van der Waals surface area contributed by atoms with Gasteiger partial charge in [0, 0.05) is 50.7 Å². The number of aliphatic hydroxyl groups is 1. The average molecular weight is 502 g/mol. The van der Waals surface area contributed by atoms with Gasteiger partial charge in [-0.1, -0.05) is 24.3 Å². The van der Waals surface area contributed by atoms with Gasteiger partial charge < -0.3 is 14.7 Å². The van der Waals surface area contributed by atoms with Crippen LogP contribution in [0.15, 0.2) is 35.9 Å². The fourth-order valence-corrected chi connectivity index (χ4v) is 4.99. The molecular weight excluding hydrogens is 465 g/mol. The number of carbonyl (C=O) groups excluding carboxylic acids is 3. The summed E-state index contributed by atoms with van der Waals surface area (Å²) in [7, 11) is 0. The quantitative estimate of drug-likeness (QED) is 0.387. The highest BCUT2D eigenvalue weighted by Crippen LogP contribution is 2.39. The van der Waals surface area contributed by atoms with Crippen molar-refractivity contribution < 1.29 is 28.6 Å². The highest BCUT2D eigenvalue weighted by atomic mass is 19.1. The SMILES string of the molecule is CCOC(=O)CCN1CCN(C/C=C2/CN(C(C(=O)C3CC3)c3ccccc3F)CCC2O)CC1=O. The van der Waals surface area contributed by atoms with Crippen LogP contribution >= 0.6 is 0 Å². The Morgan fingerprint density at radius 2 is 1.94 bits per heavy atom. The van der Waals surface area contributed by atoms with Crippen molar-refractivity contribution in [3.05, 3.63) is 47.3 Å². The van der Waals surface area contributed by atoms with Crippen molar-refractivity contribution in [2.75, 3.05) is 52.4 Å². The van der Waals surface area contributed by atoms with Crippen LogP contribution in [-0.4, -0.2) is 96.0 Å². The molecule has 0 aromatic heterocycles. The van der Waals surface area contributed by atoms with Crippen LogP contribution in [0.25, 0.3) is 0 Å². The zero-order chi connectivity index (χ0) is 25.7. The van der Waals surface area contributed by atoms with E-state index in [1.54, 1.807) is 30.0 Å². The van der Waals surface area contributed by atoms with Gasteiger partial charge in [-0.15, -0.1) is 0 Å². The predicted molar refractivity (Wildman–Crippen MR) is 131 cm³/mol. The molecule has 1 N–H and O–H groups in total. The van der Waals surface area contributed by atoms with Crippen LogP contribution in [0.3, 0.4) is 0 Å². The molecule has 1 aliphatic carbocycles. The van der Waals surface area contributed by atoms with Gasteiger partial charge in [-0.25, -0.2) is 4.39 Å². The van der Waals surface area contributed by atoms with Gasteiger partial charge in [0.15, 0.2) is 5.78 Å². The van der Waals surface area contributed by atoms with Gasteiger partial charge in [-0.2, -0.15) is 0 Å². The Kier molecular flexibility index (Phi) is 8.87. The van der Waals surface area contributed by atoms with Gasteiger partial charge in [0.25, 0.3) is 0 Å². The molecular formula is C27H36FN3O5. The largest absolute Gasteiger partial charge is 0.466 e. The van der Waals surface area contributed by atoms with Crippen LogP contribution in [0.5, 0.6) is 0 Å². The number of ether oxygens (including phenoxy) is 1. The van der Waals surface area contributed by atoms with E-state index in [2.05, 4.69) is 0 Å². The molecule has 36 heavy (non-hydrogen) atoms. The Hall–Kier alpha value is -2.62. The van der Waals surface area contributed by atoms with Crippen molar-refractivity contribution in [3.63, 3.8) is 0 Å². The molecule has 196 valence electrons. The van der Waals surface area contributed by atoms with Crippen LogP contribution in [0.1, 0.15) is 44.2 Å². The second-order valence-electron chi connectivity index (χ2n) is 9.83. The number of likely N-dealkylation sites (tertiary alicyclic amines) is 1. The molecule has 0 bridgehead atoms. The molecule has 2 aliphatic heterocycles. The Morgan fingerprint density at radius 3 is 2.64 bits per heavy atom. The Balaban J connectivity index is 1.37. The number of aliphatic hydroxyl groups excluding tert-OH is 1. The van der Waals surface area contributed by atoms with Crippen molar-refractivity contribution >= 4 is 17.7 Å². The van der Waals surface area contributed by atoms with Crippen LogP contribution in [0, 0.1) is 11.7 Å². The molecule has 8 nitrogen and oxygen atoms in total. The van der Waals surface area contributed by atoms with Crippen molar-refractivity contribution in [1.29, 1.82) is 0 Å². The van der Waals surface area contributed by atoms with E-state index in [0.717, 1.165) is 18.4 Å². The summed E-state index contributed by atoms with van der Waals surface area (Å²) in [6.45, 7) is 5.26. The lowest BCUT2D eigenvalue weighted by molar-refractivity contribution is -0.144. The number of benzene rings is 1. The molecule has 1 aromatic rings. The van der Waals surface area contributed by atoms with E-state index in [9.17, 15) is 23.9 Å². The number of amides is 1. The van der Waals surface area contributed by atoms with Crippen LogP contribution in [0.4, 0.5) is 4.39 Å². The molecule has 2 saturated heterocycles. The number of carbonyl (C=O) groups is 3. The van der Waals surface area contributed by atoms with Crippen molar-refractivity contribution in [2.24, 2.45) is 5.92 Å². The average Bonchev–Trinajstić information content (AvgIpc) is 3.71. The fourth-order valence-electron chi connectivity index (χ4n) is 4.99. The van der Waals surface area contributed by atoms with Gasteiger partial charge >= 0.3 is 5.97 Å². The maximum Gasteiger partial charge on any atom is 0.307 e. The summed E-state index contributed by atoms with van der Waals surface area (Å²) in [5.41, 5.74) is 1.19. The number of hydrogen-bond donors (Lipinski definition) is 1. The summed E-state index contributed by atoms with van der Waals surface area (Å²) < 4.78 is 19.6. The first-order valence-electron chi connectivity index (χ1n) is 12.9. The monoisotopic (exact) mass is 501 g/mol. The maximum atomic E-state index is 14.7. The number of esters is 1. The highest BCUT2D eigenvalue weighted by molar-refractivity contribution is 5.89. The number of ketones is 1. The van der Waals surface area contributed by atoms with E-state index in [0.29, 0.717) is 57.9 Å². The molecule has 0 radical (unpaired) electrons. The first-order valence-corrected chi connectivity index (χ1v) is 12.9. The van der Waals surface area contributed by atoms with Gasteiger partial charge in [0.05, 0.1) is 31.7 Å². The Labute approximate surface area is 211 Å². The zero-order valence-corrected chi connectivity index (χ0v) is 20.9. The first-order chi connectivity index (χ1) is 17.4. The Bertz CT molecular complexity index is 995. The summed E-state index contributed by atoms with van der Waals surface area (Å²) in [4.78, 5) is 43.0. The topological polar surface area (TPSA) is 90.4 Å². The zero-order valence-electron chi connectivity index (χ0n) is 20.9. The number of nitrogens with zero attached hydrogens (tertiary/aromatic N) is 3. The van der Waals surface area contributed by atoms with E-state index < -0.39 is 12.1 Å². The molecule has 1 aromatic carbocycles. The fraction of sp³-hybridized carbons (Fsp3) is 0.593. The second-order valence-corrected chi connectivity index (χ2v) is 9.83. The summed E-state index contributed by atoms with van der Waals surface area (Å²) in [6.07, 6.45) is 3.67. The minimum absolute atomic E-state index is 0.0139. The summed E-state index contributed by atoms with van der Waals surface area (Å²) in [5.74, 6) is -0.681. The van der Waals surface area contributed by atoms with E-state index in [-0.39, 0.29) is 42.4 Å². The lowest BCUT2D eigenvalue weighted by atomic mass is 9.92. The van der Waals surface area contributed by atoms with Crippen LogP contribution in [-0.2, 0) is 19.1 Å². The van der Waals surface area contributed by atoms with Gasteiger partial charge in [0.2, 0.25) is 5.91 Å². The smallest absolute Gasteiger partial charge is 0.307 e. The predicted octanol–water partition coefficient (Wildman–Crippen LogP) is 1.94. The molecule has 0 spiro atoms. The van der Waals surface area contributed by atoms with E-state index in [1.165, 1.54) is 6.07 Å². The maximum absolute atomic E-state index is 14.7. The summed E-state index contributed by atoms with van der Waals surface area (Å²) in [5, 5.41) is 10.7. The lowest BCUT2D eigenvalue weighted by Gasteiger charge is -2.38. The second kappa shape index (κ2) is 12.1. The summed E-state index contributed by atoms with van der Waals surface area (Å²) >= 11 is 0. The molecule has 2 atom stereocenters. The van der Waals surface area contributed by atoms with Crippen LogP contribution < -0.4 is 0 Å². The highest BCUT2D eigenvalue weighted by Gasteiger charge is 2.41. The van der Waals surface area contributed by atoms with Gasteiger partial charge in [-0.05, 0) is 37.8 Å². The van der Waals surface area contributed by atoms with E-state index in [4.69, 9.17) is 4.74 Å². The molecule has 1 saturated carbocycles. The minimum Gasteiger partial charge on any atom is -0.466 e. The van der Waals surface area contributed by atoms with Crippen molar-refractivity contribution in [3.8, 4) is 0 Å². The molecule has 9 heteroatoms. The third kappa shape index (κ3) is 6.57. The molecule has 3 fully saturated rings. The summed E-state index contributed by atoms with van der Waals surface area (Å²) in [6, 6.07) is 5.80. The number of piperidine rings is 1. The van der Waals surface area contributed by atoms with E-state index in [1.807, 2.05) is 15.9 Å². The van der Waals surface area contributed by atoms with Crippen molar-refractivity contribution in [2.45, 2.75) is 44.8 Å². The third-order valence-corrected chi connectivity index (χ3v) is 7.22.